The van der Waals surface area contributed by atoms with Gasteiger partial charge in [-0.2, -0.15) is 26.3 Å². The van der Waals surface area contributed by atoms with Crippen molar-refractivity contribution in [2.24, 2.45) is 0 Å². The Morgan fingerprint density at radius 2 is 0.517 bits per heavy atom. The topological polar surface area (TPSA) is 109 Å². The predicted octanol–water partition coefficient (Wildman–Crippen LogP) is 24.3. The van der Waals surface area contributed by atoms with Crippen LogP contribution in [0.2, 0.25) is 0 Å². The van der Waals surface area contributed by atoms with Crippen LogP contribution in [0.15, 0.2) is 394 Å². The second-order valence-electron chi connectivity index (χ2n) is 26.6. The van der Waals surface area contributed by atoms with Crippen LogP contribution < -0.4 is 47.7 Å². The van der Waals surface area contributed by atoms with Gasteiger partial charge in [0.15, 0.2) is 33.3 Å². The van der Waals surface area contributed by atoms with Gasteiger partial charge in [-0.05, 0) is 115 Å². The van der Waals surface area contributed by atoms with Crippen molar-refractivity contribution in [3.8, 4) is 0 Å². The normalized spacial score (nSPS) is 12.3. The van der Waals surface area contributed by atoms with E-state index >= 15 is 13.7 Å². The smallest absolute Gasteiger partial charge is 0.448 e. The van der Waals surface area contributed by atoms with E-state index < -0.39 is 60.1 Å². The van der Waals surface area contributed by atoms with Crippen LogP contribution in [0.5, 0.6) is 0 Å². The van der Waals surface area contributed by atoms with Crippen molar-refractivity contribution in [3.63, 3.8) is 0 Å². The maximum atomic E-state index is 15.2. The van der Waals surface area contributed by atoms with Crippen LogP contribution in [0.1, 0.15) is 0 Å². The summed E-state index contributed by atoms with van der Waals surface area (Å²) in [5.41, 5.74) is 0. The van der Waals surface area contributed by atoms with Gasteiger partial charge in [0.1, 0.15) is 6.66 Å². The van der Waals surface area contributed by atoms with Gasteiger partial charge in [0, 0.05) is 103 Å². The Morgan fingerprint density at radius 1 is 0.336 bits per heavy atom. The number of halogens is 8. The number of fused-ring (bicyclic) bond motifs is 15. The minimum absolute atomic E-state index is 0. The van der Waals surface area contributed by atoms with Crippen LogP contribution in [0.3, 0.4) is 0 Å². The summed E-state index contributed by atoms with van der Waals surface area (Å²) in [7, 11) is -10.9. The molecule has 0 spiro atoms. The molecule has 0 fully saturated rings. The first-order chi connectivity index (χ1) is 56.0. The standard InChI is InChI=1S/3C30H21OP.C5H4F6O2.CH2Cl2.CH3OP.Eu/c3*31-32(23-12-3-1-4-13-23,24-14-5-2-6-15-24)30-21-29-25-16-8-7-11-22(25)19-20-27(29)26-17-9-10-18-28(26)30;6-4(7,8)2(12)1-3(13)5(9,10)11;2-1-3;1-3-2;/h3*1-21H;1-2,12-13H;1H2;1H3;/p+1/i/hD. The number of aliphatic hydroxyl groups excluding tert-OH is 2. The molecule has 0 aliphatic rings. The molecule has 0 saturated carbocycles. The molecule has 19 heteroatoms. The van der Waals surface area contributed by atoms with Gasteiger partial charge < -0.3 is 23.9 Å². The summed E-state index contributed by atoms with van der Waals surface area (Å²) in [5, 5.41) is 44.8. The van der Waals surface area contributed by atoms with Crippen LogP contribution in [0.4, 0.5) is 26.3 Å². The van der Waals surface area contributed by atoms with Gasteiger partial charge in [-0.25, -0.2) is 0 Å². The molecule has 0 saturated heterocycles. The predicted molar refractivity (Wildman–Crippen MR) is 475 cm³/mol. The zero-order chi connectivity index (χ0) is 81.8. The number of benzene rings is 18. The number of alkyl halides is 8. The summed E-state index contributed by atoms with van der Waals surface area (Å²) in [5.74, 6) is -2.47. The monoisotopic (exact) mass is 1800 g/mol. The van der Waals surface area contributed by atoms with E-state index in [2.05, 4.69) is 182 Å². The first-order valence-corrected chi connectivity index (χ1v) is 43.8. The molecule has 0 amide bonds. The molecule has 18 aromatic rings. The Labute approximate surface area is 720 Å². The van der Waals surface area contributed by atoms with Gasteiger partial charge in [0.2, 0.25) is 0 Å². The zero-order valence-electron chi connectivity index (χ0n) is 63.0. The van der Waals surface area contributed by atoms with Gasteiger partial charge in [0.05, 0.1) is 5.34 Å². The van der Waals surface area contributed by atoms with Gasteiger partial charge in [0.25, 0.3) is 0 Å². The Hall–Kier alpha value is -9.67. The van der Waals surface area contributed by atoms with E-state index in [0.29, 0.717) is 0 Å². The van der Waals surface area contributed by atoms with Gasteiger partial charge >= 0.3 is 22.0 Å². The van der Waals surface area contributed by atoms with Crippen molar-refractivity contribution in [2.45, 2.75) is 18.5 Å². The summed E-state index contributed by atoms with van der Waals surface area (Å²) in [4.78, 5) is 0. The van der Waals surface area contributed by atoms with Crippen LogP contribution >= 0.6 is 53.0 Å². The molecule has 6 nitrogen and oxygen atoms in total. The first-order valence-electron chi connectivity index (χ1n) is 36.8. The van der Waals surface area contributed by atoms with E-state index in [0.717, 1.165) is 96.2 Å². The third kappa shape index (κ3) is 17.9. The third-order valence-corrected chi connectivity index (χ3v) is 29.2. The number of hydrogen-bond acceptors (Lipinski definition) is 6. The molecule has 0 heterocycles. The van der Waals surface area contributed by atoms with Crippen LogP contribution in [-0.2, 0) is 18.3 Å². The van der Waals surface area contributed by atoms with Crippen molar-refractivity contribution in [3.05, 3.63) is 394 Å². The molecule has 0 aliphatic heterocycles. The molecular formula is C97H73Cl2EuF6O6P4+. The summed E-state index contributed by atoms with van der Waals surface area (Å²) >= 11 is 9.53. The Balaban J connectivity index is 0.000000144. The van der Waals surface area contributed by atoms with E-state index in [4.69, 9.17) is 34.7 Å². The van der Waals surface area contributed by atoms with Crippen LogP contribution in [-0.4, -0.2) is 42.0 Å². The minimum atomic E-state index is -5.29. The largest absolute Gasteiger partial charge is 0.504 e. The molecule has 0 bridgehead atoms. The molecular weight excluding hydrogens is 1720 g/mol. The van der Waals surface area contributed by atoms with Gasteiger partial charge in [-0.1, -0.05) is 369 Å². The number of allylic oxidation sites excluding steroid dienone is 1. The fourth-order valence-electron chi connectivity index (χ4n) is 14.8. The quantitative estimate of drug-likeness (QED) is 0.0464. The first kappa shape index (κ1) is 84.3. The zero-order valence-corrected chi connectivity index (χ0v) is 69.5. The number of rotatable bonds is 10. The van der Waals surface area contributed by atoms with Crippen LogP contribution in [0, 0.1) is 49.4 Å². The summed E-state index contributed by atoms with van der Waals surface area (Å²) in [6, 6.07) is 130. The van der Waals surface area contributed by atoms with E-state index in [1.165, 1.54) is 55.1 Å². The summed E-state index contributed by atoms with van der Waals surface area (Å²) < 4.78 is 129. The summed E-state index contributed by atoms with van der Waals surface area (Å²) in [6.45, 7) is 1.34. The second-order valence-corrected chi connectivity index (χ2v) is 36.0. The molecule has 579 valence electrons. The molecule has 0 aliphatic carbocycles. The molecule has 1 radical (unpaired) electrons. The molecule has 2 N–H and O–H groups in total. The third-order valence-electron chi connectivity index (χ3n) is 19.9. The van der Waals surface area contributed by atoms with Gasteiger partial charge in [-0.15, -0.1) is 23.2 Å². The average Bonchev–Trinajstić information content (AvgIpc) is 0.734. The van der Waals surface area contributed by atoms with Crippen molar-refractivity contribution in [1.82, 2.24) is 0 Å². The molecule has 2 unspecified atom stereocenters. The van der Waals surface area contributed by atoms with E-state index in [1.807, 2.05) is 200 Å². The fraction of sp³-hybridized carbons (Fsp3) is 0.0515. The maximum Gasteiger partial charge on any atom is 0.448 e. The van der Waals surface area contributed by atoms with Crippen molar-refractivity contribution in [2.75, 3.05) is 12.0 Å². The fourth-order valence-corrected chi connectivity index (χ4v) is 23.4. The second kappa shape index (κ2) is 38.2. The van der Waals surface area contributed by atoms with Crippen molar-refractivity contribution < 1.29 is 104 Å². The Morgan fingerprint density at radius 3 is 0.724 bits per heavy atom. The van der Waals surface area contributed by atoms with E-state index in [9.17, 15) is 30.9 Å². The Kier molecular flexibility index (Phi) is 27.7. The van der Waals surface area contributed by atoms with Crippen molar-refractivity contribution >= 4 is 198 Å². The molecule has 2 atom stereocenters. The SMILES string of the molecule is ClCCl.O=P(c1ccccc1)(c1ccccc1)c1cc2c3ccccc3ccc2c2ccccc12.O=P(c1ccccc1)(c1ccccc1)c1cc2c3ccccc3ccc2c2ccccc12.O=P(c1ccccc1)(c1ccccc1)c1cc2c3ccccc3ccc2c2ccccc12.OC(=CC(O)C(F)(F)F)C(F)(F)F.[2H][P+](C)=O.[Eu]. The number of hydrogen-bond donors (Lipinski definition) is 2. The molecule has 18 rings (SSSR count). The minimum Gasteiger partial charge on any atom is -0.504 e. The molecule has 0 aromatic heterocycles. The van der Waals surface area contributed by atoms with Crippen LogP contribution in [0.25, 0.3) is 97.0 Å². The maximum absolute atomic E-state index is 15.2. The van der Waals surface area contributed by atoms with E-state index in [1.54, 1.807) is 0 Å². The average molecular weight is 1800 g/mol. The van der Waals surface area contributed by atoms with Crippen molar-refractivity contribution in [1.29, 1.82) is 1.28 Å². The molecule has 116 heavy (non-hydrogen) atoms. The van der Waals surface area contributed by atoms with Gasteiger partial charge in [-0.3, -0.25) is 0 Å². The Bertz CT molecular complexity index is 6030. The van der Waals surface area contributed by atoms with E-state index in [-0.39, 0.29) is 54.7 Å². The number of aliphatic hydroxyl groups is 2. The molecule has 18 aromatic carbocycles. The summed E-state index contributed by atoms with van der Waals surface area (Å²) in [6.07, 6.45) is -14.6.